The lowest BCUT2D eigenvalue weighted by Crippen LogP contribution is -2.48. The van der Waals surface area contributed by atoms with Crippen LogP contribution >= 0.6 is 0 Å². The first-order valence-corrected chi connectivity index (χ1v) is 9.62. The molecular weight excluding hydrogens is 310 g/mol. The van der Waals surface area contributed by atoms with Crippen molar-refractivity contribution in [1.82, 2.24) is 20.5 Å². The maximum absolute atomic E-state index is 4.78. The molecule has 0 atom stereocenters. The number of aromatic nitrogens is 1. The van der Waals surface area contributed by atoms with Crippen molar-refractivity contribution in [2.45, 2.75) is 45.7 Å². The van der Waals surface area contributed by atoms with Crippen LogP contribution in [0.15, 0.2) is 35.3 Å². The van der Waals surface area contributed by atoms with Gasteiger partial charge in [-0.15, -0.1) is 0 Å². The Bertz CT molecular complexity index is 649. The van der Waals surface area contributed by atoms with Crippen LogP contribution in [0.3, 0.4) is 0 Å². The molecule has 1 aromatic carbocycles. The number of fused-ring (bicyclic) bond motifs is 1. The third kappa shape index (κ3) is 4.98. The van der Waals surface area contributed by atoms with Crippen LogP contribution in [0.2, 0.25) is 0 Å². The van der Waals surface area contributed by atoms with Crippen LogP contribution in [-0.4, -0.2) is 48.1 Å². The van der Waals surface area contributed by atoms with E-state index in [-0.39, 0.29) is 0 Å². The molecule has 25 heavy (non-hydrogen) atoms. The number of hydrogen-bond donors (Lipinski definition) is 3. The molecule has 1 aliphatic rings. The standard InChI is InChI=1S/C20H31N5/c1-3-11-25-12-9-17(10-13-25)24-20(21-4-2)22-15-18-14-16-7-5-6-8-19(16)23-18/h5-8,14,17,23H,3-4,9-13,15H2,1-2H3,(H2,21,22,24). The molecular formula is C20H31N5. The normalized spacial score (nSPS) is 17.1. The smallest absolute Gasteiger partial charge is 0.191 e. The zero-order valence-corrected chi connectivity index (χ0v) is 15.5. The lowest BCUT2D eigenvalue weighted by Gasteiger charge is -2.32. The number of rotatable bonds is 6. The summed E-state index contributed by atoms with van der Waals surface area (Å²) in [6, 6.07) is 11.1. The van der Waals surface area contributed by atoms with E-state index in [1.54, 1.807) is 0 Å². The first-order valence-electron chi connectivity index (χ1n) is 9.62. The van der Waals surface area contributed by atoms with Crippen LogP contribution < -0.4 is 10.6 Å². The first-order chi connectivity index (χ1) is 12.3. The van der Waals surface area contributed by atoms with Gasteiger partial charge >= 0.3 is 0 Å². The zero-order chi connectivity index (χ0) is 17.5. The van der Waals surface area contributed by atoms with Gasteiger partial charge in [-0.2, -0.15) is 0 Å². The van der Waals surface area contributed by atoms with Gasteiger partial charge in [-0.3, -0.25) is 0 Å². The maximum atomic E-state index is 4.78. The van der Waals surface area contributed by atoms with Crippen molar-refractivity contribution in [3.8, 4) is 0 Å². The van der Waals surface area contributed by atoms with Crippen molar-refractivity contribution in [2.24, 2.45) is 4.99 Å². The number of hydrogen-bond acceptors (Lipinski definition) is 2. The van der Waals surface area contributed by atoms with E-state index in [1.807, 2.05) is 0 Å². The fourth-order valence-electron chi connectivity index (χ4n) is 3.51. The molecule has 1 aromatic heterocycles. The fraction of sp³-hybridized carbons (Fsp3) is 0.550. The van der Waals surface area contributed by atoms with Gasteiger partial charge in [0.15, 0.2) is 5.96 Å². The highest BCUT2D eigenvalue weighted by Gasteiger charge is 2.19. The number of para-hydroxylation sites is 1. The highest BCUT2D eigenvalue weighted by atomic mass is 15.2. The van der Waals surface area contributed by atoms with Crippen molar-refractivity contribution in [1.29, 1.82) is 0 Å². The molecule has 0 spiro atoms. The van der Waals surface area contributed by atoms with Crippen LogP contribution in [0, 0.1) is 0 Å². The molecule has 0 bridgehead atoms. The lowest BCUT2D eigenvalue weighted by molar-refractivity contribution is 0.206. The van der Waals surface area contributed by atoms with E-state index in [0.717, 1.165) is 18.2 Å². The second kappa shape index (κ2) is 8.90. The van der Waals surface area contributed by atoms with E-state index in [4.69, 9.17) is 4.99 Å². The summed E-state index contributed by atoms with van der Waals surface area (Å²) in [6.45, 7) is 9.52. The zero-order valence-electron chi connectivity index (χ0n) is 15.5. The summed E-state index contributed by atoms with van der Waals surface area (Å²) in [5.74, 6) is 0.926. The van der Waals surface area contributed by atoms with Crippen molar-refractivity contribution in [2.75, 3.05) is 26.2 Å². The second-order valence-corrected chi connectivity index (χ2v) is 6.84. The van der Waals surface area contributed by atoms with E-state index >= 15 is 0 Å². The van der Waals surface area contributed by atoms with Crippen molar-refractivity contribution in [3.05, 3.63) is 36.0 Å². The molecule has 1 aliphatic heterocycles. The number of nitrogens with one attached hydrogen (secondary N) is 3. The molecule has 0 unspecified atom stereocenters. The number of likely N-dealkylation sites (tertiary alicyclic amines) is 1. The van der Waals surface area contributed by atoms with Crippen LogP contribution in [0.25, 0.3) is 10.9 Å². The molecule has 1 saturated heterocycles. The van der Waals surface area contributed by atoms with E-state index < -0.39 is 0 Å². The molecule has 5 nitrogen and oxygen atoms in total. The van der Waals surface area contributed by atoms with E-state index in [0.29, 0.717) is 12.6 Å². The topological polar surface area (TPSA) is 55.5 Å². The second-order valence-electron chi connectivity index (χ2n) is 6.84. The average Bonchev–Trinajstić information content (AvgIpc) is 3.05. The van der Waals surface area contributed by atoms with Gasteiger partial charge in [0.2, 0.25) is 0 Å². The number of aromatic amines is 1. The summed E-state index contributed by atoms with van der Waals surface area (Å²) in [5, 5.41) is 8.25. The predicted molar refractivity (Wildman–Crippen MR) is 106 cm³/mol. The Balaban J connectivity index is 1.57. The minimum absolute atomic E-state index is 0.522. The summed E-state index contributed by atoms with van der Waals surface area (Å²) >= 11 is 0. The molecule has 1 fully saturated rings. The van der Waals surface area contributed by atoms with Gasteiger partial charge in [0.1, 0.15) is 0 Å². The molecule has 0 saturated carbocycles. The highest BCUT2D eigenvalue weighted by molar-refractivity contribution is 5.81. The van der Waals surface area contributed by atoms with E-state index in [1.165, 1.54) is 49.8 Å². The van der Waals surface area contributed by atoms with E-state index in [2.05, 4.69) is 64.7 Å². The number of guanidine groups is 1. The summed E-state index contributed by atoms with van der Waals surface area (Å²) in [7, 11) is 0. The minimum Gasteiger partial charge on any atom is -0.357 e. The third-order valence-electron chi connectivity index (χ3n) is 4.81. The Labute approximate surface area is 150 Å². The number of benzene rings is 1. The quantitative estimate of drug-likeness (QED) is 0.559. The number of nitrogens with zero attached hydrogens (tertiary/aromatic N) is 2. The molecule has 2 heterocycles. The Morgan fingerprint density at radius 1 is 1.24 bits per heavy atom. The highest BCUT2D eigenvalue weighted by Crippen LogP contribution is 2.15. The van der Waals surface area contributed by atoms with E-state index in [9.17, 15) is 0 Å². The molecule has 0 radical (unpaired) electrons. The van der Waals surface area contributed by atoms with Crippen molar-refractivity contribution in [3.63, 3.8) is 0 Å². The lowest BCUT2D eigenvalue weighted by atomic mass is 10.1. The van der Waals surface area contributed by atoms with Crippen molar-refractivity contribution >= 4 is 16.9 Å². The summed E-state index contributed by atoms with van der Waals surface area (Å²) in [5.41, 5.74) is 2.32. The maximum Gasteiger partial charge on any atom is 0.191 e. The van der Waals surface area contributed by atoms with Crippen LogP contribution in [0.1, 0.15) is 38.8 Å². The summed E-state index contributed by atoms with van der Waals surface area (Å²) in [4.78, 5) is 10.8. The SMILES string of the molecule is CCCN1CCC(NC(=NCc2cc3ccccc3[nH]2)NCC)CC1. The van der Waals surface area contributed by atoms with Gasteiger partial charge in [-0.25, -0.2) is 4.99 Å². The number of aliphatic imine (C=N–C) groups is 1. The monoisotopic (exact) mass is 341 g/mol. The van der Waals surface area contributed by atoms with Crippen LogP contribution in [0.4, 0.5) is 0 Å². The Morgan fingerprint density at radius 3 is 2.76 bits per heavy atom. The van der Waals surface area contributed by atoms with Gasteiger partial charge in [-0.05, 0) is 50.2 Å². The Morgan fingerprint density at radius 2 is 2.04 bits per heavy atom. The van der Waals surface area contributed by atoms with Gasteiger partial charge in [-0.1, -0.05) is 25.1 Å². The third-order valence-corrected chi connectivity index (χ3v) is 4.81. The summed E-state index contributed by atoms with van der Waals surface area (Å²) < 4.78 is 0. The molecule has 0 amide bonds. The largest absolute Gasteiger partial charge is 0.357 e. The first kappa shape index (κ1) is 17.8. The van der Waals surface area contributed by atoms with Gasteiger partial charge in [0, 0.05) is 36.9 Å². The number of H-pyrrole nitrogens is 1. The van der Waals surface area contributed by atoms with Crippen LogP contribution in [-0.2, 0) is 6.54 Å². The van der Waals surface area contributed by atoms with Gasteiger partial charge in [0.05, 0.1) is 6.54 Å². The van der Waals surface area contributed by atoms with Crippen molar-refractivity contribution < 1.29 is 0 Å². The molecule has 3 N–H and O–H groups in total. The van der Waals surface area contributed by atoms with Gasteiger partial charge < -0.3 is 20.5 Å². The van der Waals surface area contributed by atoms with Gasteiger partial charge in [0.25, 0.3) is 0 Å². The molecule has 3 rings (SSSR count). The Hall–Kier alpha value is -2.01. The molecule has 0 aliphatic carbocycles. The fourth-order valence-corrected chi connectivity index (χ4v) is 3.51. The summed E-state index contributed by atoms with van der Waals surface area (Å²) in [6.07, 6.45) is 3.63. The molecule has 2 aromatic rings. The Kier molecular flexibility index (Phi) is 6.34. The molecule has 136 valence electrons. The molecule has 5 heteroatoms. The predicted octanol–water partition coefficient (Wildman–Crippen LogP) is 3.10. The minimum atomic E-state index is 0.522. The average molecular weight is 342 g/mol. The van der Waals surface area contributed by atoms with Crippen LogP contribution in [0.5, 0.6) is 0 Å². The number of piperidine rings is 1.